The molecule has 0 aromatic carbocycles. The van der Waals surface area contributed by atoms with Crippen LogP contribution in [-0.4, -0.2) is 5.16 Å². The maximum Gasteiger partial charge on any atom is 0.161 e. The molecule has 0 spiro atoms. The first-order chi connectivity index (χ1) is 6.62. The second-order valence-electron chi connectivity index (χ2n) is 4.78. The molecule has 0 fully saturated rings. The zero-order chi connectivity index (χ0) is 10.9. The lowest BCUT2D eigenvalue weighted by Crippen LogP contribution is -2.09. The van der Waals surface area contributed by atoms with E-state index in [9.17, 15) is 4.57 Å². The standard InChI is InChI=1S/C12H25OP/c1-4-5-6-7-8-9-10-11-12(2,3)14-13/h4-11H2,1-3H3. The fraction of sp³-hybridized carbons (Fsp3) is 1.00. The third kappa shape index (κ3) is 8.69. The van der Waals surface area contributed by atoms with E-state index in [1.165, 1.54) is 44.9 Å². The second-order valence-corrected chi connectivity index (χ2v) is 6.17. The van der Waals surface area contributed by atoms with Gasteiger partial charge in [-0.15, -0.1) is 0 Å². The molecule has 0 aliphatic carbocycles. The Hall–Kier alpha value is 0.100. The number of rotatable bonds is 9. The van der Waals surface area contributed by atoms with Gasteiger partial charge in [-0.05, 0) is 20.3 Å². The molecule has 0 N–H and O–H groups in total. The molecule has 2 heteroatoms. The van der Waals surface area contributed by atoms with Crippen LogP contribution in [0.4, 0.5) is 0 Å². The number of unbranched alkanes of at least 4 members (excludes halogenated alkanes) is 6. The topological polar surface area (TPSA) is 17.1 Å². The van der Waals surface area contributed by atoms with Crippen molar-refractivity contribution in [2.75, 3.05) is 0 Å². The minimum atomic E-state index is 0.00339. The Bertz CT molecular complexity index is 143. The van der Waals surface area contributed by atoms with Gasteiger partial charge >= 0.3 is 0 Å². The Morgan fingerprint density at radius 1 is 0.929 bits per heavy atom. The van der Waals surface area contributed by atoms with Crippen molar-refractivity contribution in [1.29, 1.82) is 0 Å². The lowest BCUT2D eigenvalue weighted by atomic mass is 10.0. The van der Waals surface area contributed by atoms with Crippen molar-refractivity contribution in [3.8, 4) is 0 Å². The van der Waals surface area contributed by atoms with Crippen LogP contribution in [0.25, 0.3) is 0 Å². The molecule has 14 heavy (non-hydrogen) atoms. The summed E-state index contributed by atoms with van der Waals surface area (Å²) in [5.74, 6) is 0. The van der Waals surface area contributed by atoms with Gasteiger partial charge < -0.3 is 0 Å². The van der Waals surface area contributed by atoms with Crippen LogP contribution in [0.15, 0.2) is 0 Å². The van der Waals surface area contributed by atoms with Gasteiger partial charge in [0.1, 0.15) is 0 Å². The molecular weight excluding hydrogens is 191 g/mol. The van der Waals surface area contributed by atoms with Crippen molar-refractivity contribution in [3.05, 3.63) is 0 Å². The number of hydrogen-bond donors (Lipinski definition) is 0. The first kappa shape index (κ1) is 14.1. The number of hydrogen-bond acceptors (Lipinski definition) is 1. The third-order valence-corrected chi connectivity index (χ3v) is 3.36. The van der Waals surface area contributed by atoms with E-state index < -0.39 is 0 Å². The van der Waals surface area contributed by atoms with E-state index in [0.29, 0.717) is 8.46 Å². The van der Waals surface area contributed by atoms with Gasteiger partial charge in [-0.1, -0.05) is 51.9 Å². The Morgan fingerprint density at radius 2 is 1.43 bits per heavy atom. The van der Waals surface area contributed by atoms with Crippen LogP contribution in [-0.2, 0) is 4.57 Å². The molecule has 0 radical (unpaired) electrons. The van der Waals surface area contributed by atoms with Crippen molar-refractivity contribution in [3.63, 3.8) is 0 Å². The minimum absolute atomic E-state index is 0.00339. The summed E-state index contributed by atoms with van der Waals surface area (Å²) in [6, 6.07) is 0. The Labute approximate surface area is 90.9 Å². The average molecular weight is 216 g/mol. The zero-order valence-corrected chi connectivity index (χ0v) is 10.9. The lowest BCUT2D eigenvalue weighted by Gasteiger charge is -2.14. The van der Waals surface area contributed by atoms with Crippen LogP contribution in [0.3, 0.4) is 0 Å². The van der Waals surface area contributed by atoms with Crippen molar-refractivity contribution < 1.29 is 4.57 Å². The molecule has 0 aromatic rings. The van der Waals surface area contributed by atoms with E-state index in [0.717, 1.165) is 6.42 Å². The van der Waals surface area contributed by atoms with E-state index in [2.05, 4.69) is 20.8 Å². The molecule has 0 bridgehead atoms. The summed E-state index contributed by atoms with van der Waals surface area (Å²) in [5, 5.41) is 0.00339. The normalized spacial score (nSPS) is 12.2. The van der Waals surface area contributed by atoms with E-state index in [-0.39, 0.29) is 5.16 Å². The molecule has 0 aliphatic rings. The maximum atomic E-state index is 10.7. The van der Waals surface area contributed by atoms with Gasteiger partial charge in [0.25, 0.3) is 0 Å². The van der Waals surface area contributed by atoms with Crippen LogP contribution < -0.4 is 0 Å². The van der Waals surface area contributed by atoms with Crippen LogP contribution in [0, 0.1) is 0 Å². The van der Waals surface area contributed by atoms with Crippen LogP contribution in [0.1, 0.15) is 72.1 Å². The molecule has 0 aromatic heterocycles. The fourth-order valence-electron chi connectivity index (χ4n) is 1.56. The van der Waals surface area contributed by atoms with Crippen molar-refractivity contribution in [1.82, 2.24) is 0 Å². The lowest BCUT2D eigenvalue weighted by molar-refractivity contribution is 0.513. The summed E-state index contributed by atoms with van der Waals surface area (Å²) in [6.45, 7) is 6.38. The largest absolute Gasteiger partial charge is 0.274 e. The van der Waals surface area contributed by atoms with Crippen molar-refractivity contribution >= 4 is 8.46 Å². The molecule has 0 saturated carbocycles. The predicted molar refractivity (Wildman–Crippen MR) is 64.3 cm³/mol. The summed E-state index contributed by atoms with van der Waals surface area (Å²) in [4.78, 5) is 0. The quantitative estimate of drug-likeness (QED) is 0.382. The predicted octanol–water partition coefficient (Wildman–Crippen LogP) is 5.20. The van der Waals surface area contributed by atoms with Gasteiger partial charge in [-0.2, -0.15) is 0 Å². The zero-order valence-electron chi connectivity index (χ0n) is 10.0. The summed E-state index contributed by atoms with van der Waals surface area (Å²) >= 11 is 0. The SMILES string of the molecule is CCCCCCCCCC(C)(C)P=O. The molecule has 0 atom stereocenters. The highest BCUT2D eigenvalue weighted by Gasteiger charge is 2.16. The van der Waals surface area contributed by atoms with Gasteiger partial charge in [0, 0.05) is 5.16 Å². The molecule has 0 heterocycles. The first-order valence-corrected chi connectivity index (χ1v) is 6.78. The van der Waals surface area contributed by atoms with E-state index in [4.69, 9.17) is 0 Å². The Morgan fingerprint density at radius 3 is 1.93 bits per heavy atom. The molecule has 0 rings (SSSR count). The fourth-order valence-corrected chi connectivity index (χ4v) is 1.81. The smallest absolute Gasteiger partial charge is 0.161 e. The summed E-state index contributed by atoms with van der Waals surface area (Å²) in [5.41, 5.74) is 0. The molecule has 84 valence electrons. The monoisotopic (exact) mass is 216 g/mol. The van der Waals surface area contributed by atoms with Gasteiger partial charge in [0.15, 0.2) is 8.46 Å². The average Bonchev–Trinajstić information content (AvgIpc) is 2.16. The molecule has 1 nitrogen and oxygen atoms in total. The van der Waals surface area contributed by atoms with E-state index >= 15 is 0 Å². The first-order valence-electron chi connectivity index (χ1n) is 5.97. The Kier molecular flexibility index (Phi) is 8.47. The Balaban J connectivity index is 3.17. The van der Waals surface area contributed by atoms with Crippen LogP contribution in [0.2, 0.25) is 0 Å². The van der Waals surface area contributed by atoms with Gasteiger partial charge in [-0.25, -0.2) is 0 Å². The highest BCUT2D eigenvalue weighted by atomic mass is 31.1. The molecular formula is C12H25OP. The molecule has 0 aliphatic heterocycles. The molecule has 0 saturated heterocycles. The molecule has 0 amide bonds. The summed E-state index contributed by atoms with van der Waals surface area (Å²) < 4.78 is 10.7. The van der Waals surface area contributed by atoms with Crippen LogP contribution in [0.5, 0.6) is 0 Å². The van der Waals surface area contributed by atoms with E-state index in [1.54, 1.807) is 0 Å². The van der Waals surface area contributed by atoms with Crippen molar-refractivity contribution in [2.45, 2.75) is 77.3 Å². The van der Waals surface area contributed by atoms with E-state index in [1.807, 2.05) is 0 Å². The molecule has 0 unspecified atom stereocenters. The van der Waals surface area contributed by atoms with Crippen LogP contribution >= 0.6 is 8.46 Å². The minimum Gasteiger partial charge on any atom is -0.274 e. The third-order valence-electron chi connectivity index (χ3n) is 2.64. The second kappa shape index (κ2) is 8.41. The van der Waals surface area contributed by atoms with Gasteiger partial charge in [0.2, 0.25) is 0 Å². The summed E-state index contributed by atoms with van der Waals surface area (Å²) in [7, 11) is 0.298. The summed E-state index contributed by atoms with van der Waals surface area (Å²) in [6.07, 6.45) is 10.4. The van der Waals surface area contributed by atoms with Gasteiger partial charge in [0.05, 0.1) is 0 Å². The van der Waals surface area contributed by atoms with Gasteiger partial charge in [-0.3, -0.25) is 4.57 Å². The highest BCUT2D eigenvalue weighted by molar-refractivity contribution is 7.25. The maximum absolute atomic E-state index is 10.7. The van der Waals surface area contributed by atoms with Crippen molar-refractivity contribution in [2.24, 2.45) is 0 Å². The highest BCUT2D eigenvalue weighted by Crippen LogP contribution is 2.28.